The van der Waals surface area contributed by atoms with E-state index >= 15 is 0 Å². The fraction of sp³-hybridized carbons (Fsp3) is 1.00. The maximum atomic E-state index is 9.23. The minimum Gasteiger partial charge on any atom is -0.356 e. The number of nitrogens with one attached hydrogen (secondary N) is 1. The summed E-state index contributed by atoms with van der Waals surface area (Å²) in [6.07, 6.45) is 0.352. The van der Waals surface area contributed by atoms with Crippen LogP contribution in [0.15, 0.2) is 0 Å². The summed E-state index contributed by atoms with van der Waals surface area (Å²) < 4.78 is 5.09. The van der Waals surface area contributed by atoms with Crippen LogP contribution in [-0.4, -0.2) is 24.2 Å². The Morgan fingerprint density at radius 1 is 1.33 bits per heavy atom. The maximum Gasteiger partial charge on any atom is 0.213 e. The predicted molar refractivity (Wildman–Crippen MR) is 49.7 cm³/mol. The molecule has 3 heteroatoms. The van der Waals surface area contributed by atoms with E-state index in [0.29, 0.717) is 5.92 Å². The summed E-state index contributed by atoms with van der Waals surface area (Å²) in [6, 6.07) is 0. The molecule has 0 saturated carbocycles. The third-order valence-electron chi connectivity index (χ3n) is 1.74. The molecule has 12 heavy (non-hydrogen) atoms. The molecule has 0 aromatic heterocycles. The first-order chi connectivity index (χ1) is 5.56. The van der Waals surface area contributed by atoms with E-state index in [2.05, 4.69) is 19.2 Å². The van der Waals surface area contributed by atoms with Gasteiger partial charge in [-0.15, -0.1) is 0 Å². The van der Waals surface area contributed by atoms with Gasteiger partial charge in [-0.2, -0.15) is 0 Å². The Balaban J connectivity index is 3.36. The Kier molecular flexibility index (Phi) is 6.34. The van der Waals surface area contributed by atoms with Crippen molar-refractivity contribution in [3.8, 4) is 0 Å². The van der Waals surface area contributed by atoms with Crippen molar-refractivity contribution in [1.82, 2.24) is 5.32 Å². The standard InChI is InChI=1S/C9H21NO2/c1-5-8(4)6-10-9(11)12-7(2)3/h7-11H,5-6H2,1-4H3. The van der Waals surface area contributed by atoms with E-state index in [-0.39, 0.29) is 6.10 Å². The lowest BCUT2D eigenvalue weighted by atomic mass is 10.1. The second-order valence-electron chi connectivity index (χ2n) is 3.46. The van der Waals surface area contributed by atoms with Crippen LogP contribution in [0.1, 0.15) is 34.1 Å². The quantitative estimate of drug-likeness (QED) is 0.598. The van der Waals surface area contributed by atoms with Crippen molar-refractivity contribution < 1.29 is 9.84 Å². The fourth-order valence-electron chi connectivity index (χ4n) is 0.752. The van der Waals surface area contributed by atoms with Crippen LogP contribution in [0.4, 0.5) is 0 Å². The van der Waals surface area contributed by atoms with Crippen LogP contribution in [0.3, 0.4) is 0 Å². The average Bonchev–Trinajstić information content (AvgIpc) is 1.99. The molecule has 2 atom stereocenters. The molecule has 0 fully saturated rings. The van der Waals surface area contributed by atoms with E-state index in [1.165, 1.54) is 0 Å². The van der Waals surface area contributed by atoms with E-state index in [9.17, 15) is 5.11 Å². The summed E-state index contributed by atoms with van der Waals surface area (Å²) in [5, 5.41) is 12.1. The van der Waals surface area contributed by atoms with Crippen molar-refractivity contribution in [2.45, 2.75) is 46.6 Å². The number of ether oxygens (including phenoxy) is 1. The lowest BCUT2D eigenvalue weighted by Gasteiger charge is -2.18. The molecule has 0 aliphatic rings. The molecule has 0 aliphatic heterocycles. The van der Waals surface area contributed by atoms with Crippen molar-refractivity contribution in [2.75, 3.05) is 6.54 Å². The largest absolute Gasteiger partial charge is 0.356 e. The fourth-order valence-corrected chi connectivity index (χ4v) is 0.752. The van der Waals surface area contributed by atoms with Crippen LogP contribution in [0.2, 0.25) is 0 Å². The van der Waals surface area contributed by atoms with Gasteiger partial charge in [0.1, 0.15) is 0 Å². The molecule has 0 saturated heterocycles. The van der Waals surface area contributed by atoms with Gasteiger partial charge in [0.2, 0.25) is 6.41 Å². The first-order valence-electron chi connectivity index (χ1n) is 4.63. The molecular formula is C9H21NO2. The molecule has 0 aliphatic carbocycles. The van der Waals surface area contributed by atoms with Gasteiger partial charge in [0.15, 0.2) is 0 Å². The Hall–Kier alpha value is -0.120. The van der Waals surface area contributed by atoms with Gasteiger partial charge < -0.3 is 9.84 Å². The zero-order valence-electron chi connectivity index (χ0n) is 8.50. The Morgan fingerprint density at radius 2 is 1.92 bits per heavy atom. The maximum absolute atomic E-state index is 9.23. The monoisotopic (exact) mass is 175 g/mol. The second-order valence-corrected chi connectivity index (χ2v) is 3.46. The summed E-state index contributed by atoms with van der Waals surface area (Å²) in [5.41, 5.74) is 0. The van der Waals surface area contributed by atoms with Crippen LogP contribution in [-0.2, 0) is 4.74 Å². The summed E-state index contributed by atoms with van der Waals surface area (Å²) in [6.45, 7) is 8.85. The lowest BCUT2D eigenvalue weighted by Crippen LogP contribution is -2.36. The number of hydrogen-bond donors (Lipinski definition) is 2. The van der Waals surface area contributed by atoms with Crippen LogP contribution in [0.5, 0.6) is 0 Å². The first kappa shape index (κ1) is 11.9. The first-order valence-corrected chi connectivity index (χ1v) is 4.63. The number of rotatable bonds is 6. The molecular weight excluding hydrogens is 154 g/mol. The van der Waals surface area contributed by atoms with Crippen LogP contribution in [0.25, 0.3) is 0 Å². The van der Waals surface area contributed by atoms with Crippen LogP contribution >= 0.6 is 0 Å². The molecule has 2 N–H and O–H groups in total. The van der Waals surface area contributed by atoms with Crippen molar-refractivity contribution in [2.24, 2.45) is 5.92 Å². The number of aliphatic hydroxyl groups is 1. The molecule has 0 spiro atoms. The summed E-state index contributed by atoms with van der Waals surface area (Å²) >= 11 is 0. The van der Waals surface area contributed by atoms with Gasteiger partial charge in [-0.05, 0) is 19.8 Å². The van der Waals surface area contributed by atoms with Crippen LogP contribution in [0, 0.1) is 5.92 Å². The second kappa shape index (κ2) is 6.40. The van der Waals surface area contributed by atoms with E-state index in [1.807, 2.05) is 13.8 Å². The molecule has 74 valence electrons. The molecule has 0 rings (SSSR count). The van der Waals surface area contributed by atoms with E-state index in [4.69, 9.17) is 4.74 Å². The van der Waals surface area contributed by atoms with E-state index < -0.39 is 6.41 Å². The van der Waals surface area contributed by atoms with Gasteiger partial charge in [0.05, 0.1) is 6.10 Å². The van der Waals surface area contributed by atoms with Gasteiger partial charge in [-0.1, -0.05) is 20.3 Å². The van der Waals surface area contributed by atoms with Gasteiger partial charge >= 0.3 is 0 Å². The predicted octanol–water partition coefficient (Wildman–Crippen LogP) is 1.32. The lowest BCUT2D eigenvalue weighted by molar-refractivity contribution is -0.145. The highest BCUT2D eigenvalue weighted by atomic mass is 16.6. The highest BCUT2D eigenvalue weighted by Crippen LogP contribution is 1.98. The van der Waals surface area contributed by atoms with Gasteiger partial charge in [-0.25, -0.2) is 0 Å². The Bertz CT molecular complexity index is 107. The number of hydrogen-bond acceptors (Lipinski definition) is 3. The third-order valence-corrected chi connectivity index (χ3v) is 1.74. The topological polar surface area (TPSA) is 41.5 Å². The van der Waals surface area contributed by atoms with Crippen molar-refractivity contribution in [1.29, 1.82) is 0 Å². The van der Waals surface area contributed by atoms with Crippen molar-refractivity contribution in [3.63, 3.8) is 0 Å². The van der Waals surface area contributed by atoms with E-state index in [1.54, 1.807) is 0 Å². The van der Waals surface area contributed by atoms with Gasteiger partial charge in [0, 0.05) is 6.54 Å². The molecule has 3 nitrogen and oxygen atoms in total. The molecule has 0 amide bonds. The zero-order valence-corrected chi connectivity index (χ0v) is 8.50. The minimum absolute atomic E-state index is 0.0597. The normalized spacial score (nSPS) is 16.5. The molecule has 0 radical (unpaired) electrons. The molecule has 0 aromatic carbocycles. The van der Waals surface area contributed by atoms with Crippen molar-refractivity contribution >= 4 is 0 Å². The summed E-state index contributed by atoms with van der Waals surface area (Å²) in [4.78, 5) is 0. The minimum atomic E-state index is -0.820. The Morgan fingerprint density at radius 3 is 2.33 bits per heavy atom. The zero-order chi connectivity index (χ0) is 9.56. The third kappa shape index (κ3) is 6.58. The number of aliphatic hydroxyl groups excluding tert-OH is 1. The smallest absolute Gasteiger partial charge is 0.213 e. The molecule has 0 aromatic rings. The van der Waals surface area contributed by atoms with E-state index in [0.717, 1.165) is 13.0 Å². The van der Waals surface area contributed by atoms with Crippen molar-refractivity contribution in [3.05, 3.63) is 0 Å². The summed E-state index contributed by atoms with van der Waals surface area (Å²) in [7, 11) is 0. The SMILES string of the molecule is CCC(C)CNC(O)OC(C)C. The van der Waals surface area contributed by atoms with Gasteiger partial charge in [0.25, 0.3) is 0 Å². The average molecular weight is 175 g/mol. The summed E-state index contributed by atoms with van der Waals surface area (Å²) in [5.74, 6) is 0.579. The van der Waals surface area contributed by atoms with Gasteiger partial charge in [-0.3, -0.25) is 5.32 Å². The Labute approximate surface area is 75.1 Å². The van der Waals surface area contributed by atoms with Crippen LogP contribution < -0.4 is 5.32 Å². The molecule has 0 heterocycles. The molecule has 0 bridgehead atoms. The molecule has 2 unspecified atom stereocenters. The highest BCUT2D eigenvalue weighted by Gasteiger charge is 2.06. The highest BCUT2D eigenvalue weighted by molar-refractivity contribution is 4.53.